The number of rotatable bonds is 4. The van der Waals surface area contributed by atoms with Crippen LogP contribution in [0.25, 0.3) is 0 Å². The SMILES string of the molecule is C=C/C(=C\C=C(/C)CN)OC. The fraction of sp³-hybridized carbons (Fsp3) is 0.333. The van der Waals surface area contributed by atoms with Gasteiger partial charge in [0, 0.05) is 6.54 Å². The van der Waals surface area contributed by atoms with Crippen LogP contribution in [0.5, 0.6) is 0 Å². The number of hydrogen-bond donors (Lipinski definition) is 1. The van der Waals surface area contributed by atoms with Crippen LogP contribution < -0.4 is 5.73 Å². The summed E-state index contributed by atoms with van der Waals surface area (Å²) in [5.41, 5.74) is 6.49. The fourth-order valence-electron chi connectivity index (χ4n) is 0.512. The van der Waals surface area contributed by atoms with Crippen molar-refractivity contribution in [1.29, 1.82) is 0 Å². The molecule has 0 saturated heterocycles. The van der Waals surface area contributed by atoms with E-state index in [9.17, 15) is 0 Å². The average molecular weight is 153 g/mol. The number of allylic oxidation sites excluding steroid dienone is 3. The van der Waals surface area contributed by atoms with E-state index in [2.05, 4.69) is 6.58 Å². The van der Waals surface area contributed by atoms with Crippen molar-refractivity contribution < 1.29 is 4.74 Å². The lowest BCUT2D eigenvalue weighted by Crippen LogP contribution is -1.98. The van der Waals surface area contributed by atoms with Crippen molar-refractivity contribution in [2.45, 2.75) is 6.92 Å². The van der Waals surface area contributed by atoms with Crippen LogP contribution in [-0.4, -0.2) is 13.7 Å². The van der Waals surface area contributed by atoms with Gasteiger partial charge in [-0.05, 0) is 19.1 Å². The molecule has 0 spiro atoms. The Bertz CT molecular complexity index is 180. The molecule has 0 aromatic carbocycles. The number of nitrogens with two attached hydrogens (primary N) is 1. The molecule has 0 aliphatic rings. The van der Waals surface area contributed by atoms with Crippen molar-refractivity contribution in [3.05, 3.63) is 36.1 Å². The molecule has 0 atom stereocenters. The summed E-state index contributed by atoms with van der Waals surface area (Å²) in [4.78, 5) is 0. The third-order valence-electron chi connectivity index (χ3n) is 1.29. The highest BCUT2D eigenvalue weighted by Crippen LogP contribution is 1.98. The first-order valence-corrected chi connectivity index (χ1v) is 3.48. The topological polar surface area (TPSA) is 35.2 Å². The van der Waals surface area contributed by atoms with Crippen molar-refractivity contribution in [2.24, 2.45) is 5.73 Å². The van der Waals surface area contributed by atoms with Crippen molar-refractivity contribution >= 4 is 0 Å². The van der Waals surface area contributed by atoms with Gasteiger partial charge in [-0.25, -0.2) is 0 Å². The molecule has 62 valence electrons. The monoisotopic (exact) mass is 153 g/mol. The molecular formula is C9H15NO. The molecule has 2 N–H and O–H groups in total. The second kappa shape index (κ2) is 5.74. The summed E-state index contributed by atoms with van der Waals surface area (Å²) < 4.78 is 4.95. The Morgan fingerprint density at radius 1 is 1.55 bits per heavy atom. The van der Waals surface area contributed by atoms with Crippen LogP contribution >= 0.6 is 0 Å². The zero-order valence-corrected chi connectivity index (χ0v) is 7.13. The van der Waals surface area contributed by atoms with Gasteiger partial charge < -0.3 is 10.5 Å². The van der Waals surface area contributed by atoms with Gasteiger partial charge in [0.1, 0.15) is 5.76 Å². The first-order chi connectivity index (χ1) is 5.24. The van der Waals surface area contributed by atoms with E-state index in [1.807, 2.05) is 19.1 Å². The molecule has 2 nitrogen and oxygen atoms in total. The van der Waals surface area contributed by atoms with Crippen LogP contribution in [0, 0.1) is 0 Å². The summed E-state index contributed by atoms with van der Waals surface area (Å²) in [7, 11) is 1.61. The van der Waals surface area contributed by atoms with Crippen molar-refractivity contribution in [3.63, 3.8) is 0 Å². The number of hydrogen-bond acceptors (Lipinski definition) is 2. The lowest BCUT2D eigenvalue weighted by molar-refractivity contribution is 0.307. The minimum Gasteiger partial charge on any atom is -0.497 e. The molecular weight excluding hydrogens is 138 g/mol. The predicted molar refractivity (Wildman–Crippen MR) is 48.1 cm³/mol. The Morgan fingerprint density at radius 3 is 2.55 bits per heavy atom. The molecule has 0 bridgehead atoms. The van der Waals surface area contributed by atoms with Gasteiger partial charge in [-0.3, -0.25) is 0 Å². The van der Waals surface area contributed by atoms with E-state index < -0.39 is 0 Å². The molecule has 0 radical (unpaired) electrons. The van der Waals surface area contributed by atoms with Crippen LogP contribution in [0.15, 0.2) is 36.1 Å². The summed E-state index contributed by atoms with van der Waals surface area (Å²) in [6, 6.07) is 0. The Balaban J connectivity index is 4.17. The Kier molecular flexibility index (Phi) is 5.21. The third-order valence-corrected chi connectivity index (χ3v) is 1.29. The Hall–Kier alpha value is -1.02. The maximum Gasteiger partial charge on any atom is 0.118 e. The van der Waals surface area contributed by atoms with Gasteiger partial charge in [-0.2, -0.15) is 0 Å². The largest absolute Gasteiger partial charge is 0.497 e. The highest BCUT2D eigenvalue weighted by Gasteiger charge is 1.84. The van der Waals surface area contributed by atoms with Gasteiger partial charge in [0.05, 0.1) is 7.11 Å². The van der Waals surface area contributed by atoms with E-state index >= 15 is 0 Å². The molecule has 0 heterocycles. The zero-order chi connectivity index (χ0) is 8.69. The highest BCUT2D eigenvalue weighted by atomic mass is 16.5. The van der Waals surface area contributed by atoms with Crippen molar-refractivity contribution in [1.82, 2.24) is 0 Å². The number of ether oxygens (including phenoxy) is 1. The maximum absolute atomic E-state index is 5.38. The van der Waals surface area contributed by atoms with Crippen molar-refractivity contribution in [2.75, 3.05) is 13.7 Å². The molecule has 0 amide bonds. The van der Waals surface area contributed by atoms with Crippen LogP contribution in [0.2, 0.25) is 0 Å². The van der Waals surface area contributed by atoms with Crippen LogP contribution in [-0.2, 0) is 4.74 Å². The minimum atomic E-state index is 0.574. The van der Waals surface area contributed by atoms with Gasteiger partial charge in [-0.1, -0.05) is 18.2 Å². The molecule has 0 unspecified atom stereocenters. The molecule has 0 aliphatic carbocycles. The van der Waals surface area contributed by atoms with Gasteiger partial charge in [0.15, 0.2) is 0 Å². The van der Waals surface area contributed by atoms with Crippen LogP contribution in [0.4, 0.5) is 0 Å². The molecule has 2 heteroatoms. The Labute approximate surface area is 68.0 Å². The van der Waals surface area contributed by atoms with E-state index in [0.717, 1.165) is 11.3 Å². The summed E-state index contributed by atoms with van der Waals surface area (Å²) in [6.45, 7) is 6.12. The standard InChI is InChI=1S/C9H15NO/c1-4-9(11-3)6-5-8(2)7-10/h4-6H,1,7,10H2,2-3H3/b8-5+,9-6+. The van der Waals surface area contributed by atoms with E-state index in [4.69, 9.17) is 10.5 Å². The molecule has 0 aromatic rings. The molecule has 0 rings (SSSR count). The van der Waals surface area contributed by atoms with E-state index in [-0.39, 0.29) is 0 Å². The third kappa shape index (κ3) is 4.39. The first-order valence-electron chi connectivity index (χ1n) is 3.48. The van der Waals surface area contributed by atoms with Crippen LogP contribution in [0.1, 0.15) is 6.92 Å². The minimum absolute atomic E-state index is 0.574. The molecule has 0 aromatic heterocycles. The smallest absolute Gasteiger partial charge is 0.118 e. The Morgan fingerprint density at radius 2 is 2.18 bits per heavy atom. The van der Waals surface area contributed by atoms with E-state index in [1.54, 1.807) is 13.2 Å². The molecule has 0 aliphatic heterocycles. The zero-order valence-electron chi connectivity index (χ0n) is 7.13. The van der Waals surface area contributed by atoms with E-state index in [0.29, 0.717) is 6.54 Å². The number of methoxy groups -OCH3 is 1. The summed E-state index contributed by atoms with van der Waals surface area (Å²) in [5.74, 6) is 0.748. The quantitative estimate of drug-likeness (QED) is 0.492. The average Bonchev–Trinajstić information content (AvgIpc) is 2.06. The second-order valence-electron chi connectivity index (χ2n) is 2.19. The molecule has 0 saturated carbocycles. The lowest BCUT2D eigenvalue weighted by atomic mass is 10.2. The van der Waals surface area contributed by atoms with Gasteiger partial charge in [-0.15, -0.1) is 0 Å². The highest BCUT2D eigenvalue weighted by molar-refractivity contribution is 5.19. The normalized spacial score (nSPS) is 13.0. The lowest BCUT2D eigenvalue weighted by Gasteiger charge is -1.97. The molecule has 11 heavy (non-hydrogen) atoms. The van der Waals surface area contributed by atoms with Crippen molar-refractivity contribution in [3.8, 4) is 0 Å². The summed E-state index contributed by atoms with van der Waals surface area (Å²) >= 11 is 0. The van der Waals surface area contributed by atoms with Gasteiger partial charge in [0.2, 0.25) is 0 Å². The summed E-state index contributed by atoms with van der Waals surface area (Å²) in [6.07, 6.45) is 5.41. The van der Waals surface area contributed by atoms with E-state index in [1.165, 1.54) is 0 Å². The summed E-state index contributed by atoms with van der Waals surface area (Å²) in [5, 5.41) is 0. The predicted octanol–water partition coefficient (Wildman–Crippen LogP) is 1.61. The fourth-order valence-corrected chi connectivity index (χ4v) is 0.512. The van der Waals surface area contributed by atoms with Gasteiger partial charge in [0.25, 0.3) is 0 Å². The first kappa shape index (κ1) is 9.98. The maximum atomic E-state index is 5.38. The van der Waals surface area contributed by atoms with Crippen LogP contribution in [0.3, 0.4) is 0 Å². The second-order valence-corrected chi connectivity index (χ2v) is 2.19. The molecule has 0 fully saturated rings. The van der Waals surface area contributed by atoms with Gasteiger partial charge >= 0.3 is 0 Å².